The van der Waals surface area contributed by atoms with Gasteiger partial charge in [0.25, 0.3) is 0 Å². The van der Waals surface area contributed by atoms with E-state index in [4.69, 9.17) is 4.74 Å². The molecule has 0 radical (unpaired) electrons. The third-order valence-corrected chi connectivity index (χ3v) is 5.67. The van der Waals surface area contributed by atoms with Crippen molar-refractivity contribution in [1.82, 2.24) is 15.0 Å². The standard InChI is InChI=1S/C24H20F3IN6O2/c1-12(28)36-23(35)32-16-7-8-17-18-11-29-22(31-14-5-6-14)34-20(18)21(33-19(17)10-16)30-15-4-2-3-13(9-15)24(25,26)27/h2-4,7-12,14H,5-6H2,1H3,(H,30,33)(H,32,35)(H,29,31,34). The number of nitrogens with zero attached hydrogens (tertiary/aromatic N) is 3. The van der Waals surface area contributed by atoms with Crippen LogP contribution in [0, 0.1) is 0 Å². The maximum Gasteiger partial charge on any atom is 0.416 e. The highest BCUT2D eigenvalue weighted by Gasteiger charge is 2.30. The van der Waals surface area contributed by atoms with Crippen LogP contribution in [0.4, 0.5) is 41.1 Å². The van der Waals surface area contributed by atoms with Crippen LogP contribution in [0.15, 0.2) is 48.7 Å². The molecule has 0 saturated heterocycles. The highest BCUT2D eigenvalue weighted by molar-refractivity contribution is 14.1. The van der Waals surface area contributed by atoms with Crippen LogP contribution in [0.3, 0.4) is 0 Å². The van der Waals surface area contributed by atoms with Crippen molar-refractivity contribution >= 4 is 73.6 Å². The quantitative estimate of drug-likeness (QED) is 0.125. The van der Waals surface area contributed by atoms with Gasteiger partial charge < -0.3 is 15.4 Å². The molecule has 0 spiro atoms. The third kappa shape index (κ3) is 5.53. The van der Waals surface area contributed by atoms with Gasteiger partial charge >= 0.3 is 12.3 Å². The van der Waals surface area contributed by atoms with E-state index in [0.29, 0.717) is 34.1 Å². The van der Waals surface area contributed by atoms with E-state index in [1.165, 1.54) is 12.1 Å². The number of carbonyl (C=O) groups excluding carboxylic acids is 1. The second-order valence-electron chi connectivity index (χ2n) is 8.34. The molecule has 4 aromatic rings. The van der Waals surface area contributed by atoms with E-state index in [2.05, 4.69) is 30.9 Å². The Kier molecular flexibility index (Phi) is 6.45. The molecule has 2 heterocycles. The Morgan fingerprint density at radius 2 is 1.92 bits per heavy atom. The first-order chi connectivity index (χ1) is 17.2. The molecule has 5 rings (SSSR count). The van der Waals surface area contributed by atoms with Crippen molar-refractivity contribution in [2.75, 3.05) is 16.0 Å². The number of fused-ring (bicyclic) bond motifs is 3. The molecule has 0 bridgehead atoms. The topological polar surface area (TPSA) is 101 Å². The number of rotatable bonds is 6. The van der Waals surface area contributed by atoms with E-state index in [0.717, 1.165) is 30.4 Å². The zero-order chi connectivity index (χ0) is 25.4. The van der Waals surface area contributed by atoms with Crippen LogP contribution in [0.25, 0.3) is 21.8 Å². The summed E-state index contributed by atoms with van der Waals surface area (Å²) in [7, 11) is 0. The molecule has 1 saturated carbocycles. The van der Waals surface area contributed by atoms with Gasteiger partial charge in [-0.25, -0.2) is 19.7 Å². The number of nitrogens with one attached hydrogen (secondary N) is 3. The SMILES string of the molecule is CC(I)OC(=O)Nc1ccc2c(c1)nc(Nc1cccc(C(F)(F)F)c1)c1nc(NC3CC3)ncc12. The molecule has 12 heteroatoms. The number of amides is 1. The van der Waals surface area contributed by atoms with E-state index in [9.17, 15) is 18.0 Å². The minimum atomic E-state index is -4.48. The second kappa shape index (κ2) is 9.56. The fourth-order valence-electron chi connectivity index (χ4n) is 3.63. The number of hydrogen-bond donors (Lipinski definition) is 3. The van der Waals surface area contributed by atoms with Crippen LogP contribution in [0.2, 0.25) is 0 Å². The zero-order valence-electron chi connectivity index (χ0n) is 18.9. The van der Waals surface area contributed by atoms with Gasteiger partial charge in [-0.05, 0) is 72.7 Å². The number of ether oxygens (including phenoxy) is 1. The van der Waals surface area contributed by atoms with Crippen LogP contribution in [-0.4, -0.2) is 31.2 Å². The summed E-state index contributed by atoms with van der Waals surface area (Å²) in [5, 5.41) is 10.3. The monoisotopic (exact) mass is 608 g/mol. The van der Waals surface area contributed by atoms with Gasteiger partial charge in [0.05, 0.1) is 11.1 Å². The lowest BCUT2D eigenvalue weighted by Gasteiger charge is -2.14. The summed E-state index contributed by atoms with van der Waals surface area (Å²) in [6, 6.07) is 10.3. The first kappa shape index (κ1) is 24.3. The predicted octanol–water partition coefficient (Wildman–Crippen LogP) is 6.84. The van der Waals surface area contributed by atoms with Crippen LogP contribution < -0.4 is 16.0 Å². The van der Waals surface area contributed by atoms with E-state index < -0.39 is 17.8 Å². The summed E-state index contributed by atoms with van der Waals surface area (Å²) < 4.78 is 44.6. The Labute approximate surface area is 217 Å². The number of alkyl halides is 4. The van der Waals surface area contributed by atoms with Crippen molar-refractivity contribution in [1.29, 1.82) is 0 Å². The van der Waals surface area contributed by atoms with Gasteiger partial charge in [0, 0.05) is 34.4 Å². The highest BCUT2D eigenvalue weighted by Crippen LogP contribution is 2.35. The van der Waals surface area contributed by atoms with Crippen LogP contribution in [0.1, 0.15) is 25.3 Å². The molecule has 2 aromatic heterocycles. The van der Waals surface area contributed by atoms with Crippen molar-refractivity contribution < 1.29 is 22.7 Å². The van der Waals surface area contributed by atoms with Crippen molar-refractivity contribution in [3.8, 4) is 0 Å². The minimum Gasteiger partial charge on any atom is -0.436 e. The normalized spacial score (nSPS) is 14.5. The average molecular weight is 608 g/mol. The number of halogens is 4. The fraction of sp³-hybridized carbons (Fsp3) is 0.250. The number of pyridine rings is 1. The molecule has 1 fully saturated rings. The number of aromatic nitrogens is 3. The maximum atomic E-state index is 13.3. The van der Waals surface area contributed by atoms with Gasteiger partial charge in [0.1, 0.15) is 5.52 Å². The fourth-order valence-corrected chi connectivity index (χ4v) is 3.87. The molecular weight excluding hydrogens is 588 g/mol. The van der Waals surface area contributed by atoms with E-state index in [-0.39, 0.29) is 15.6 Å². The van der Waals surface area contributed by atoms with Crippen LogP contribution >= 0.6 is 22.6 Å². The molecule has 36 heavy (non-hydrogen) atoms. The summed E-state index contributed by atoms with van der Waals surface area (Å²) >= 11 is 1.97. The van der Waals surface area contributed by atoms with Gasteiger partial charge in [-0.15, -0.1) is 0 Å². The van der Waals surface area contributed by atoms with Crippen molar-refractivity contribution in [3.63, 3.8) is 0 Å². The lowest BCUT2D eigenvalue weighted by Crippen LogP contribution is -2.16. The maximum absolute atomic E-state index is 13.3. The number of benzene rings is 2. The predicted molar refractivity (Wildman–Crippen MR) is 140 cm³/mol. The smallest absolute Gasteiger partial charge is 0.416 e. The molecule has 2 aromatic carbocycles. The molecule has 1 aliphatic carbocycles. The number of hydrogen-bond acceptors (Lipinski definition) is 7. The summed E-state index contributed by atoms with van der Waals surface area (Å²) in [5.74, 6) is 0.686. The highest BCUT2D eigenvalue weighted by atomic mass is 127. The molecular formula is C24H20F3IN6O2. The van der Waals surface area contributed by atoms with E-state index in [1.54, 1.807) is 31.3 Å². The Balaban J connectivity index is 1.59. The molecule has 186 valence electrons. The van der Waals surface area contributed by atoms with Gasteiger partial charge in [-0.1, -0.05) is 12.1 Å². The lowest BCUT2D eigenvalue weighted by molar-refractivity contribution is -0.137. The van der Waals surface area contributed by atoms with Gasteiger partial charge in [-0.3, -0.25) is 5.32 Å². The van der Waals surface area contributed by atoms with E-state index >= 15 is 0 Å². The largest absolute Gasteiger partial charge is 0.436 e. The third-order valence-electron chi connectivity index (χ3n) is 5.41. The summed E-state index contributed by atoms with van der Waals surface area (Å²) in [6.45, 7) is 1.73. The van der Waals surface area contributed by atoms with Crippen molar-refractivity contribution in [2.45, 2.75) is 36.1 Å². The summed E-state index contributed by atoms with van der Waals surface area (Å²) in [4.78, 5) is 25.7. The molecule has 1 aliphatic rings. The Hall–Kier alpha value is -3.42. The Morgan fingerprint density at radius 3 is 2.64 bits per heavy atom. The molecule has 8 nitrogen and oxygen atoms in total. The van der Waals surface area contributed by atoms with Crippen molar-refractivity contribution in [3.05, 3.63) is 54.2 Å². The van der Waals surface area contributed by atoms with Crippen molar-refractivity contribution in [2.24, 2.45) is 0 Å². The van der Waals surface area contributed by atoms with E-state index in [1.807, 2.05) is 22.6 Å². The average Bonchev–Trinajstić information content (AvgIpc) is 3.62. The summed E-state index contributed by atoms with van der Waals surface area (Å²) in [5.41, 5.74) is 0.829. The number of anilines is 4. The lowest BCUT2D eigenvalue weighted by atomic mass is 10.1. The van der Waals surface area contributed by atoms with Gasteiger partial charge in [-0.2, -0.15) is 13.2 Å². The Morgan fingerprint density at radius 1 is 1.11 bits per heavy atom. The summed E-state index contributed by atoms with van der Waals surface area (Å²) in [6.07, 6.45) is -1.38. The zero-order valence-corrected chi connectivity index (χ0v) is 21.0. The minimum absolute atomic E-state index is 0.210. The Bertz CT molecular complexity index is 1460. The molecule has 1 unspecified atom stereocenters. The first-order valence-corrected chi connectivity index (χ1v) is 12.3. The van der Waals surface area contributed by atoms with Crippen LogP contribution in [0.5, 0.6) is 0 Å². The van der Waals surface area contributed by atoms with Gasteiger partial charge in [0.2, 0.25) is 5.95 Å². The van der Waals surface area contributed by atoms with Crippen LogP contribution in [-0.2, 0) is 10.9 Å². The number of carbonyl (C=O) groups is 1. The second-order valence-corrected chi connectivity index (χ2v) is 10.1. The molecule has 0 aliphatic heterocycles. The van der Waals surface area contributed by atoms with Gasteiger partial charge in [0.15, 0.2) is 9.93 Å². The first-order valence-electron chi connectivity index (χ1n) is 11.1. The molecule has 1 amide bonds. The molecule has 1 atom stereocenters. The molecule has 3 N–H and O–H groups in total.